The Bertz CT molecular complexity index is 1220. The van der Waals surface area contributed by atoms with E-state index in [0.717, 1.165) is 26.1 Å². The van der Waals surface area contributed by atoms with Crippen LogP contribution in [0.4, 0.5) is 10.1 Å². The molecule has 188 valence electrons. The van der Waals surface area contributed by atoms with Gasteiger partial charge in [0.25, 0.3) is 17.7 Å². The Labute approximate surface area is 207 Å². The molecule has 10 nitrogen and oxygen atoms in total. The van der Waals surface area contributed by atoms with Crippen LogP contribution in [0.25, 0.3) is 5.69 Å². The number of ether oxygens (including phenoxy) is 1. The van der Waals surface area contributed by atoms with E-state index in [1.54, 1.807) is 24.3 Å². The van der Waals surface area contributed by atoms with Crippen LogP contribution in [0.5, 0.6) is 0 Å². The summed E-state index contributed by atoms with van der Waals surface area (Å²) in [4.78, 5) is 43.6. The molecule has 1 aromatic heterocycles. The molecule has 1 saturated heterocycles. The first-order chi connectivity index (χ1) is 17.4. The number of aromatic nitrogens is 2. The summed E-state index contributed by atoms with van der Waals surface area (Å²) in [6, 6.07) is 11.8. The number of nitrogens with two attached hydrogens (primary N) is 1. The summed E-state index contributed by atoms with van der Waals surface area (Å²) in [5, 5.41) is 5.57. The van der Waals surface area contributed by atoms with E-state index in [9.17, 15) is 18.8 Å². The fourth-order valence-electron chi connectivity index (χ4n) is 3.86. The lowest BCUT2D eigenvalue weighted by atomic mass is 10.2. The summed E-state index contributed by atoms with van der Waals surface area (Å²) in [7, 11) is 0. The second-order valence-electron chi connectivity index (χ2n) is 8.25. The first-order valence-electron chi connectivity index (χ1n) is 11.5. The quantitative estimate of drug-likeness (QED) is 0.389. The number of carbonyl (C=O) groups is 3. The molecule has 0 spiro atoms. The number of morpholine rings is 1. The molecule has 2 heterocycles. The maximum Gasteiger partial charge on any atom is 0.270 e. The summed E-state index contributed by atoms with van der Waals surface area (Å²) in [5.41, 5.74) is 6.72. The van der Waals surface area contributed by atoms with E-state index in [2.05, 4.69) is 20.5 Å². The summed E-state index contributed by atoms with van der Waals surface area (Å²) >= 11 is 0. The predicted molar refractivity (Wildman–Crippen MR) is 131 cm³/mol. The van der Waals surface area contributed by atoms with Gasteiger partial charge in [-0.05, 0) is 61.5 Å². The SMILES string of the molecule is NC(=O)c1ncn(-c2ccc(NC(=O)c3ccc(F)cc3)cc2)c1C(=O)NCCCN1CCOCC1. The topological polar surface area (TPSA) is 132 Å². The summed E-state index contributed by atoms with van der Waals surface area (Å²) < 4.78 is 19.9. The van der Waals surface area contributed by atoms with Gasteiger partial charge in [0.1, 0.15) is 17.8 Å². The van der Waals surface area contributed by atoms with Gasteiger partial charge in [-0.25, -0.2) is 9.37 Å². The molecule has 0 bridgehead atoms. The summed E-state index contributed by atoms with van der Waals surface area (Å²) in [5.74, 6) is -2.09. The molecule has 3 amide bonds. The van der Waals surface area contributed by atoms with Crippen LogP contribution in [0.3, 0.4) is 0 Å². The third kappa shape index (κ3) is 6.12. The number of hydrogen-bond donors (Lipinski definition) is 3. The maximum atomic E-state index is 13.1. The number of halogens is 1. The van der Waals surface area contributed by atoms with Crippen LogP contribution in [-0.4, -0.2) is 71.6 Å². The van der Waals surface area contributed by atoms with Gasteiger partial charge in [-0.2, -0.15) is 0 Å². The molecular weight excluding hydrogens is 467 g/mol. The highest BCUT2D eigenvalue weighted by Gasteiger charge is 2.23. The fraction of sp³-hybridized carbons (Fsp3) is 0.280. The van der Waals surface area contributed by atoms with E-state index in [1.807, 2.05) is 0 Å². The van der Waals surface area contributed by atoms with Crippen LogP contribution in [-0.2, 0) is 4.74 Å². The Balaban J connectivity index is 1.43. The number of hydrogen-bond acceptors (Lipinski definition) is 6. The molecule has 1 aliphatic rings. The molecule has 0 radical (unpaired) electrons. The lowest BCUT2D eigenvalue weighted by molar-refractivity contribution is 0.0374. The molecular formula is C25H27FN6O4. The van der Waals surface area contributed by atoms with Crippen molar-refractivity contribution in [1.82, 2.24) is 19.8 Å². The monoisotopic (exact) mass is 494 g/mol. The Hall–Kier alpha value is -4.09. The lowest BCUT2D eigenvalue weighted by Gasteiger charge is -2.26. The lowest BCUT2D eigenvalue weighted by Crippen LogP contribution is -2.38. The maximum absolute atomic E-state index is 13.1. The van der Waals surface area contributed by atoms with Gasteiger partial charge in [-0.15, -0.1) is 0 Å². The van der Waals surface area contributed by atoms with Crippen LogP contribution in [0.15, 0.2) is 54.9 Å². The normalized spacial score (nSPS) is 13.8. The van der Waals surface area contributed by atoms with Gasteiger partial charge in [0.05, 0.1) is 13.2 Å². The fourth-order valence-corrected chi connectivity index (χ4v) is 3.86. The van der Waals surface area contributed by atoms with Crippen molar-refractivity contribution in [2.24, 2.45) is 5.73 Å². The van der Waals surface area contributed by atoms with Crippen molar-refractivity contribution in [3.05, 3.63) is 77.6 Å². The van der Waals surface area contributed by atoms with Crippen LogP contribution in [0, 0.1) is 5.82 Å². The Morgan fingerprint density at radius 2 is 1.69 bits per heavy atom. The summed E-state index contributed by atoms with van der Waals surface area (Å²) in [6.45, 7) is 4.41. The van der Waals surface area contributed by atoms with E-state index in [-0.39, 0.29) is 11.4 Å². The Morgan fingerprint density at radius 3 is 2.36 bits per heavy atom. The van der Waals surface area contributed by atoms with Crippen molar-refractivity contribution < 1.29 is 23.5 Å². The Morgan fingerprint density at radius 1 is 1.00 bits per heavy atom. The standard InChI is InChI=1S/C25H27FN6O4/c26-18-4-2-17(3-5-18)24(34)30-19-6-8-20(9-7-19)32-16-29-21(23(27)33)22(32)25(35)28-10-1-11-31-12-14-36-15-13-31/h2-9,16H,1,10-15H2,(H2,27,33)(H,28,35)(H,30,34). The van der Waals surface area contributed by atoms with E-state index in [1.165, 1.54) is 35.2 Å². The molecule has 2 aromatic carbocycles. The van der Waals surface area contributed by atoms with Crippen molar-refractivity contribution in [2.45, 2.75) is 6.42 Å². The van der Waals surface area contributed by atoms with Crippen molar-refractivity contribution in [3.63, 3.8) is 0 Å². The highest BCUT2D eigenvalue weighted by Crippen LogP contribution is 2.19. The molecule has 4 rings (SSSR count). The zero-order chi connectivity index (χ0) is 25.5. The number of anilines is 1. The number of amides is 3. The number of nitrogens with zero attached hydrogens (tertiary/aromatic N) is 3. The second-order valence-corrected chi connectivity index (χ2v) is 8.25. The molecule has 3 aromatic rings. The van der Waals surface area contributed by atoms with Crippen LogP contribution < -0.4 is 16.4 Å². The molecule has 36 heavy (non-hydrogen) atoms. The predicted octanol–water partition coefficient (Wildman–Crippen LogP) is 1.81. The van der Waals surface area contributed by atoms with Gasteiger partial charge < -0.3 is 21.1 Å². The van der Waals surface area contributed by atoms with Gasteiger partial charge >= 0.3 is 0 Å². The number of primary amides is 1. The summed E-state index contributed by atoms with van der Waals surface area (Å²) in [6.07, 6.45) is 2.10. The van der Waals surface area contributed by atoms with E-state index >= 15 is 0 Å². The third-order valence-corrected chi connectivity index (χ3v) is 5.77. The first kappa shape index (κ1) is 25.0. The zero-order valence-corrected chi connectivity index (χ0v) is 19.6. The molecule has 0 saturated carbocycles. The third-order valence-electron chi connectivity index (χ3n) is 5.77. The minimum Gasteiger partial charge on any atom is -0.379 e. The average Bonchev–Trinajstić information content (AvgIpc) is 3.34. The van der Waals surface area contributed by atoms with Crippen molar-refractivity contribution >= 4 is 23.4 Å². The first-order valence-corrected chi connectivity index (χ1v) is 11.5. The van der Waals surface area contributed by atoms with Crippen molar-refractivity contribution in [2.75, 3.05) is 44.7 Å². The zero-order valence-electron chi connectivity index (χ0n) is 19.6. The largest absolute Gasteiger partial charge is 0.379 e. The van der Waals surface area contributed by atoms with Crippen molar-refractivity contribution in [1.29, 1.82) is 0 Å². The Kier molecular flexibility index (Phi) is 8.03. The van der Waals surface area contributed by atoms with E-state index < -0.39 is 23.5 Å². The molecule has 1 fully saturated rings. The van der Waals surface area contributed by atoms with E-state index in [0.29, 0.717) is 36.7 Å². The minimum absolute atomic E-state index is 0.0389. The minimum atomic E-state index is -0.810. The molecule has 0 aliphatic carbocycles. The van der Waals surface area contributed by atoms with Gasteiger partial charge in [0.15, 0.2) is 5.69 Å². The molecule has 0 unspecified atom stereocenters. The second kappa shape index (κ2) is 11.6. The van der Waals surface area contributed by atoms with E-state index in [4.69, 9.17) is 10.5 Å². The number of imidazole rings is 1. The molecule has 1 aliphatic heterocycles. The molecule has 4 N–H and O–H groups in total. The average molecular weight is 495 g/mol. The smallest absolute Gasteiger partial charge is 0.270 e. The number of benzene rings is 2. The number of carbonyl (C=O) groups excluding carboxylic acids is 3. The number of rotatable bonds is 9. The van der Waals surface area contributed by atoms with Gasteiger partial charge in [0, 0.05) is 36.6 Å². The van der Waals surface area contributed by atoms with Gasteiger partial charge in [0.2, 0.25) is 0 Å². The molecule has 0 atom stereocenters. The highest BCUT2D eigenvalue weighted by atomic mass is 19.1. The van der Waals surface area contributed by atoms with Gasteiger partial charge in [-0.1, -0.05) is 0 Å². The highest BCUT2D eigenvalue weighted by molar-refractivity contribution is 6.05. The van der Waals surface area contributed by atoms with Crippen LogP contribution >= 0.6 is 0 Å². The van der Waals surface area contributed by atoms with Crippen LogP contribution in [0.2, 0.25) is 0 Å². The number of nitrogens with one attached hydrogen (secondary N) is 2. The van der Waals surface area contributed by atoms with Crippen molar-refractivity contribution in [3.8, 4) is 5.69 Å². The van der Waals surface area contributed by atoms with Gasteiger partial charge in [-0.3, -0.25) is 23.9 Å². The van der Waals surface area contributed by atoms with Crippen LogP contribution in [0.1, 0.15) is 37.8 Å². The molecule has 11 heteroatoms.